The fraction of sp³-hybridized carbons (Fsp3) is 0.556. The van der Waals surface area contributed by atoms with Crippen molar-refractivity contribution < 1.29 is 9.53 Å². The number of amides is 1. The normalized spacial score (nSPS) is 27.9. The standard InChI is InChI=1S/C18H23N3O2/c1-23-16-4-2-7-18(16)8-3-9-21(11-18)17(22)13-5-6-14-15(10-13)20-12-19-14/h5-6,10,12,16H,2-4,7-9,11H2,1H3,(H,19,20)/t16-,18-/m1/s1. The first-order valence-corrected chi connectivity index (χ1v) is 8.47. The SMILES string of the molecule is CO[C@@H]1CCC[C@]12CCCN(C(=O)c1ccc3nc[nH]c3c1)C2. The first-order valence-electron chi connectivity index (χ1n) is 8.47. The zero-order chi connectivity index (χ0) is 15.9. The fourth-order valence-electron chi connectivity index (χ4n) is 4.53. The summed E-state index contributed by atoms with van der Waals surface area (Å²) in [6.07, 6.45) is 7.71. The number of ether oxygens (including phenoxy) is 1. The third-order valence-electron chi connectivity index (χ3n) is 5.67. The minimum atomic E-state index is 0.127. The molecule has 2 atom stereocenters. The first kappa shape index (κ1) is 14.7. The van der Waals surface area contributed by atoms with E-state index in [-0.39, 0.29) is 11.3 Å². The summed E-state index contributed by atoms with van der Waals surface area (Å²) in [6.45, 7) is 1.67. The maximum atomic E-state index is 13.0. The van der Waals surface area contributed by atoms with Gasteiger partial charge in [0.25, 0.3) is 5.91 Å². The van der Waals surface area contributed by atoms with Crippen LogP contribution in [0.25, 0.3) is 11.0 Å². The zero-order valence-corrected chi connectivity index (χ0v) is 13.5. The molecule has 0 radical (unpaired) electrons. The minimum Gasteiger partial charge on any atom is -0.381 e. The lowest BCUT2D eigenvalue weighted by molar-refractivity contribution is -0.0295. The summed E-state index contributed by atoms with van der Waals surface area (Å²) in [7, 11) is 1.81. The number of benzene rings is 1. The monoisotopic (exact) mass is 313 g/mol. The van der Waals surface area contributed by atoms with E-state index in [0.717, 1.165) is 42.5 Å². The van der Waals surface area contributed by atoms with Crippen molar-refractivity contribution in [1.29, 1.82) is 0 Å². The van der Waals surface area contributed by atoms with Gasteiger partial charge in [-0.25, -0.2) is 4.98 Å². The lowest BCUT2D eigenvalue weighted by Crippen LogP contribution is -2.49. The molecule has 23 heavy (non-hydrogen) atoms. The zero-order valence-electron chi connectivity index (χ0n) is 13.5. The van der Waals surface area contributed by atoms with Crippen molar-refractivity contribution in [3.63, 3.8) is 0 Å². The average Bonchev–Trinajstić information content (AvgIpc) is 3.20. The van der Waals surface area contributed by atoms with Crippen LogP contribution in [0.5, 0.6) is 0 Å². The number of hydrogen-bond acceptors (Lipinski definition) is 3. The molecule has 1 saturated heterocycles. The van der Waals surface area contributed by atoms with Crippen LogP contribution in [0.1, 0.15) is 42.5 Å². The third kappa shape index (κ3) is 2.43. The van der Waals surface area contributed by atoms with Gasteiger partial charge in [-0.3, -0.25) is 4.79 Å². The molecule has 1 aromatic heterocycles. The number of H-pyrrole nitrogens is 1. The molecule has 1 aromatic carbocycles. The number of carbonyl (C=O) groups excluding carboxylic acids is 1. The van der Waals surface area contributed by atoms with Crippen LogP contribution in [-0.4, -0.2) is 47.1 Å². The van der Waals surface area contributed by atoms with E-state index in [2.05, 4.69) is 9.97 Å². The molecule has 2 fully saturated rings. The lowest BCUT2D eigenvalue weighted by Gasteiger charge is -2.43. The molecule has 122 valence electrons. The first-order chi connectivity index (χ1) is 11.2. The number of fused-ring (bicyclic) bond motifs is 1. The van der Waals surface area contributed by atoms with Crippen LogP contribution in [-0.2, 0) is 4.74 Å². The van der Waals surface area contributed by atoms with Crippen molar-refractivity contribution in [2.24, 2.45) is 5.41 Å². The highest BCUT2D eigenvalue weighted by molar-refractivity contribution is 5.97. The minimum absolute atomic E-state index is 0.127. The molecule has 0 unspecified atom stereocenters. The second-order valence-electron chi connectivity index (χ2n) is 6.94. The van der Waals surface area contributed by atoms with Gasteiger partial charge in [-0.15, -0.1) is 0 Å². The Balaban J connectivity index is 1.58. The van der Waals surface area contributed by atoms with Gasteiger partial charge in [0.05, 0.1) is 23.5 Å². The van der Waals surface area contributed by atoms with Crippen LogP contribution in [0.4, 0.5) is 0 Å². The highest BCUT2D eigenvalue weighted by Gasteiger charge is 2.46. The summed E-state index contributed by atoms with van der Waals surface area (Å²) in [5.41, 5.74) is 2.72. The topological polar surface area (TPSA) is 58.2 Å². The molecular formula is C18H23N3O2. The highest BCUT2D eigenvalue weighted by atomic mass is 16.5. The number of methoxy groups -OCH3 is 1. The summed E-state index contributed by atoms with van der Waals surface area (Å²) < 4.78 is 5.73. The number of aromatic amines is 1. The summed E-state index contributed by atoms with van der Waals surface area (Å²) >= 11 is 0. The Labute approximate surface area is 136 Å². The lowest BCUT2D eigenvalue weighted by atomic mass is 9.76. The second-order valence-corrected chi connectivity index (χ2v) is 6.94. The second kappa shape index (κ2) is 5.64. The van der Waals surface area contributed by atoms with Gasteiger partial charge in [-0.2, -0.15) is 0 Å². The van der Waals surface area contributed by atoms with E-state index in [0.29, 0.717) is 6.10 Å². The van der Waals surface area contributed by atoms with E-state index < -0.39 is 0 Å². The van der Waals surface area contributed by atoms with Crippen LogP contribution in [0.3, 0.4) is 0 Å². The number of piperidine rings is 1. The molecule has 1 saturated carbocycles. The molecule has 5 heteroatoms. The third-order valence-corrected chi connectivity index (χ3v) is 5.67. The van der Waals surface area contributed by atoms with Crippen molar-refractivity contribution in [1.82, 2.24) is 14.9 Å². The largest absolute Gasteiger partial charge is 0.381 e. The molecule has 2 aromatic rings. The number of nitrogens with one attached hydrogen (secondary N) is 1. The van der Waals surface area contributed by atoms with Crippen LogP contribution < -0.4 is 0 Å². The summed E-state index contributed by atoms with van der Waals surface area (Å²) in [6, 6.07) is 5.70. The van der Waals surface area contributed by atoms with Gasteiger partial charge < -0.3 is 14.6 Å². The molecule has 2 aliphatic rings. The van der Waals surface area contributed by atoms with E-state index in [9.17, 15) is 4.79 Å². The summed E-state index contributed by atoms with van der Waals surface area (Å²) in [4.78, 5) is 22.3. The van der Waals surface area contributed by atoms with Crippen molar-refractivity contribution in [2.45, 2.75) is 38.2 Å². The van der Waals surface area contributed by atoms with Crippen LogP contribution in [0.2, 0.25) is 0 Å². The summed E-state index contributed by atoms with van der Waals surface area (Å²) in [5, 5.41) is 0. The maximum absolute atomic E-state index is 13.0. The van der Waals surface area contributed by atoms with Crippen LogP contribution >= 0.6 is 0 Å². The fourth-order valence-corrected chi connectivity index (χ4v) is 4.53. The van der Waals surface area contributed by atoms with Crippen molar-refractivity contribution in [3.8, 4) is 0 Å². The van der Waals surface area contributed by atoms with Gasteiger partial charge in [0, 0.05) is 31.2 Å². The van der Waals surface area contributed by atoms with Gasteiger partial charge >= 0.3 is 0 Å². The predicted octanol–water partition coefficient (Wildman–Crippen LogP) is 2.98. The van der Waals surface area contributed by atoms with E-state index in [1.54, 1.807) is 6.33 Å². The molecule has 1 aliphatic carbocycles. The van der Waals surface area contributed by atoms with Gasteiger partial charge in [0.2, 0.25) is 0 Å². The van der Waals surface area contributed by atoms with Crippen molar-refractivity contribution in [2.75, 3.05) is 20.2 Å². The highest BCUT2D eigenvalue weighted by Crippen LogP contribution is 2.46. The van der Waals surface area contributed by atoms with Crippen molar-refractivity contribution >= 4 is 16.9 Å². The van der Waals surface area contributed by atoms with Gasteiger partial charge in [-0.05, 0) is 43.9 Å². The Kier molecular flexibility index (Phi) is 3.60. The molecule has 1 aliphatic heterocycles. The molecule has 1 amide bonds. The van der Waals surface area contributed by atoms with E-state index >= 15 is 0 Å². The Bertz CT molecular complexity index is 726. The Morgan fingerprint density at radius 3 is 3.13 bits per heavy atom. The molecule has 5 nitrogen and oxygen atoms in total. The molecular weight excluding hydrogens is 290 g/mol. The molecule has 2 heterocycles. The van der Waals surface area contributed by atoms with Gasteiger partial charge in [-0.1, -0.05) is 6.42 Å². The van der Waals surface area contributed by atoms with Crippen LogP contribution in [0.15, 0.2) is 24.5 Å². The number of carbonyl (C=O) groups is 1. The predicted molar refractivity (Wildman–Crippen MR) is 88.3 cm³/mol. The molecule has 1 N–H and O–H groups in total. The Hall–Kier alpha value is -1.88. The molecule has 4 rings (SSSR count). The Morgan fingerprint density at radius 1 is 1.39 bits per heavy atom. The van der Waals surface area contributed by atoms with Crippen molar-refractivity contribution in [3.05, 3.63) is 30.1 Å². The number of imidazole rings is 1. The van der Waals surface area contributed by atoms with E-state index in [1.807, 2.05) is 30.2 Å². The van der Waals surface area contributed by atoms with E-state index in [4.69, 9.17) is 4.74 Å². The number of nitrogens with zero attached hydrogens (tertiary/aromatic N) is 2. The average molecular weight is 313 g/mol. The maximum Gasteiger partial charge on any atom is 0.253 e. The summed E-state index contributed by atoms with van der Waals surface area (Å²) in [5.74, 6) is 0.127. The number of hydrogen-bond donors (Lipinski definition) is 1. The molecule has 0 bridgehead atoms. The number of rotatable bonds is 2. The van der Waals surface area contributed by atoms with E-state index in [1.165, 1.54) is 19.3 Å². The Morgan fingerprint density at radius 2 is 2.26 bits per heavy atom. The van der Waals surface area contributed by atoms with Crippen LogP contribution in [0, 0.1) is 5.41 Å². The smallest absolute Gasteiger partial charge is 0.253 e. The quantitative estimate of drug-likeness (QED) is 0.927. The van der Waals surface area contributed by atoms with Gasteiger partial charge in [0.15, 0.2) is 0 Å². The van der Waals surface area contributed by atoms with Gasteiger partial charge in [0.1, 0.15) is 0 Å². The number of likely N-dealkylation sites (tertiary alicyclic amines) is 1. The number of aromatic nitrogens is 2. The molecule has 1 spiro atoms.